The molecule has 0 radical (unpaired) electrons. The summed E-state index contributed by atoms with van der Waals surface area (Å²) >= 11 is 0. The first-order valence-corrected chi connectivity index (χ1v) is 13.0. The van der Waals surface area contributed by atoms with Crippen LogP contribution in [0.3, 0.4) is 0 Å². The van der Waals surface area contributed by atoms with Crippen molar-refractivity contribution in [3.05, 3.63) is 54.1 Å². The highest BCUT2D eigenvalue weighted by Gasteiger charge is 2.34. The van der Waals surface area contributed by atoms with Gasteiger partial charge in [-0.2, -0.15) is 23.4 Å². The minimum Gasteiger partial charge on any atom is -0.378 e. The van der Waals surface area contributed by atoms with Crippen molar-refractivity contribution in [2.45, 2.75) is 24.4 Å². The molecule has 0 atom stereocenters. The first-order chi connectivity index (χ1) is 17.6. The summed E-state index contributed by atoms with van der Waals surface area (Å²) < 4.78 is 78.1. The van der Waals surface area contributed by atoms with Crippen LogP contribution in [0.5, 0.6) is 0 Å². The number of morpholine rings is 1. The van der Waals surface area contributed by atoms with Crippen LogP contribution in [0.2, 0.25) is 0 Å². The number of nitrogens with one attached hydrogen (secondary N) is 1. The van der Waals surface area contributed by atoms with Crippen molar-refractivity contribution < 1.29 is 26.3 Å². The van der Waals surface area contributed by atoms with E-state index in [0.717, 1.165) is 27.9 Å². The van der Waals surface area contributed by atoms with E-state index < -0.39 is 21.9 Å². The van der Waals surface area contributed by atoms with Crippen molar-refractivity contribution in [2.24, 2.45) is 7.05 Å². The maximum absolute atomic E-state index is 13.6. The maximum atomic E-state index is 13.6. The smallest absolute Gasteiger partial charge is 0.378 e. The number of aromatic nitrogens is 5. The van der Waals surface area contributed by atoms with Crippen LogP contribution < -0.4 is 9.62 Å². The van der Waals surface area contributed by atoms with Crippen molar-refractivity contribution in [3.63, 3.8) is 0 Å². The fourth-order valence-corrected chi connectivity index (χ4v) is 5.27. The Morgan fingerprint density at radius 2 is 1.86 bits per heavy atom. The Labute approximate surface area is 210 Å². The molecule has 1 aromatic carbocycles. The fraction of sp³-hybridized carbons (Fsp3) is 0.348. The lowest BCUT2D eigenvalue weighted by atomic mass is 10.1. The number of anilines is 2. The van der Waals surface area contributed by atoms with Gasteiger partial charge in [0.25, 0.3) is 10.0 Å². The number of hydrogen-bond acceptors (Lipinski definition) is 7. The first-order valence-electron chi connectivity index (χ1n) is 11.5. The molecule has 196 valence electrons. The van der Waals surface area contributed by atoms with E-state index >= 15 is 0 Å². The topological polar surface area (TPSA) is 107 Å². The molecule has 0 amide bonds. The van der Waals surface area contributed by atoms with Gasteiger partial charge in [-0.1, -0.05) is 19.1 Å². The average molecular weight is 536 g/mol. The van der Waals surface area contributed by atoms with Crippen molar-refractivity contribution in [2.75, 3.05) is 35.9 Å². The summed E-state index contributed by atoms with van der Waals surface area (Å²) in [5.74, 6) is 0.113. The van der Waals surface area contributed by atoms with E-state index in [2.05, 4.69) is 19.9 Å². The number of hydrogen-bond donors (Lipinski definition) is 1. The Morgan fingerprint density at radius 3 is 2.57 bits per heavy atom. The predicted molar refractivity (Wildman–Crippen MR) is 130 cm³/mol. The summed E-state index contributed by atoms with van der Waals surface area (Å²) in [5.41, 5.74) is 0.722. The van der Waals surface area contributed by atoms with Crippen LogP contribution >= 0.6 is 0 Å². The lowest BCUT2D eigenvalue weighted by Gasteiger charge is -2.28. The van der Waals surface area contributed by atoms with Gasteiger partial charge in [0.1, 0.15) is 16.4 Å². The van der Waals surface area contributed by atoms with Crippen molar-refractivity contribution in [3.8, 4) is 5.69 Å². The third-order valence-electron chi connectivity index (χ3n) is 6.16. The zero-order chi connectivity index (χ0) is 26.4. The van der Waals surface area contributed by atoms with Gasteiger partial charge in [0.05, 0.1) is 48.7 Å². The summed E-state index contributed by atoms with van der Waals surface area (Å²) in [4.78, 5) is 5.27. The van der Waals surface area contributed by atoms with E-state index in [1.54, 1.807) is 22.8 Å². The Balaban J connectivity index is 1.52. The number of rotatable bonds is 6. The molecule has 4 heterocycles. The molecule has 1 aliphatic heterocycles. The molecule has 1 N–H and O–H groups in total. The quantitative estimate of drug-likeness (QED) is 0.403. The molecule has 0 unspecified atom stereocenters. The van der Waals surface area contributed by atoms with Crippen LogP contribution in [0.4, 0.5) is 24.7 Å². The third kappa shape index (κ3) is 4.85. The molecule has 0 spiro atoms. The van der Waals surface area contributed by atoms with Gasteiger partial charge in [-0.25, -0.2) is 18.1 Å². The van der Waals surface area contributed by atoms with E-state index in [1.807, 2.05) is 19.1 Å². The number of benzene rings is 1. The van der Waals surface area contributed by atoms with Gasteiger partial charge in [-0.15, -0.1) is 0 Å². The Kier molecular flexibility index (Phi) is 6.31. The molecule has 0 aliphatic carbocycles. The molecule has 1 aliphatic rings. The Bertz CT molecular complexity index is 1560. The molecular weight excluding hydrogens is 511 g/mol. The van der Waals surface area contributed by atoms with Crippen LogP contribution in [0, 0.1) is 0 Å². The summed E-state index contributed by atoms with van der Waals surface area (Å²) in [6.45, 7) is 3.41. The largest absolute Gasteiger partial charge is 0.433 e. The van der Waals surface area contributed by atoms with E-state index in [4.69, 9.17) is 4.74 Å². The molecule has 0 bridgehead atoms. The number of alkyl halides is 3. The number of ether oxygens (including phenoxy) is 1. The monoisotopic (exact) mass is 535 g/mol. The van der Waals surface area contributed by atoms with Gasteiger partial charge in [0.2, 0.25) is 0 Å². The number of pyridine rings is 1. The normalized spacial score (nSPS) is 14.9. The summed E-state index contributed by atoms with van der Waals surface area (Å²) in [7, 11) is -2.41. The lowest BCUT2D eigenvalue weighted by molar-refractivity contribution is -0.141. The van der Waals surface area contributed by atoms with Gasteiger partial charge in [-0.05, 0) is 18.1 Å². The Morgan fingerprint density at radius 1 is 1.11 bits per heavy atom. The molecule has 10 nitrogen and oxygen atoms in total. The molecule has 1 fully saturated rings. The molecule has 4 aromatic rings. The van der Waals surface area contributed by atoms with Crippen LogP contribution in [0.1, 0.15) is 18.2 Å². The number of fused-ring (bicyclic) bond motifs is 1. The van der Waals surface area contributed by atoms with Crippen LogP contribution in [-0.4, -0.2) is 59.3 Å². The second-order valence-corrected chi connectivity index (χ2v) is 10.2. The first kappa shape index (κ1) is 25.0. The molecule has 14 heteroatoms. The number of aryl methyl sites for hydroxylation is 2. The molecule has 5 rings (SSSR count). The fourth-order valence-electron chi connectivity index (χ4n) is 4.23. The van der Waals surface area contributed by atoms with Gasteiger partial charge in [0.15, 0.2) is 0 Å². The van der Waals surface area contributed by atoms with Crippen molar-refractivity contribution in [1.29, 1.82) is 0 Å². The van der Waals surface area contributed by atoms with Crippen LogP contribution in [0.25, 0.3) is 16.6 Å². The lowest BCUT2D eigenvalue weighted by Crippen LogP contribution is -2.37. The van der Waals surface area contributed by atoms with Gasteiger partial charge in [-0.3, -0.25) is 9.40 Å². The zero-order valence-corrected chi connectivity index (χ0v) is 20.8. The van der Waals surface area contributed by atoms with Crippen molar-refractivity contribution in [1.82, 2.24) is 24.5 Å². The zero-order valence-electron chi connectivity index (χ0n) is 20.0. The number of sulfonamides is 1. The minimum absolute atomic E-state index is 0.0354. The van der Waals surface area contributed by atoms with E-state index in [0.29, 0.717) is 43.9 Å². The molecule has 3 aromatic heterocycles. The van der Waals surface area contributed by atoms with E-state index in [1.165, 1.54) is 12.3 Å². The average Bonchev–Trinajstić information content (AvgIpc) is 3.52. The van der Waals surface area contributed by atoms with Crippen LogP contribution in [0.15, 0.2) is 47.8 Å². The summed E-state index contributed by atoms with van der Waals surface area (Å²) in [6, 6.07) is 5.98. The highest BCUT2D eigenvalue weighted by molar-refractivity contribution is 7.92. The number of nitrogens with zero attached hydrogens (tertiary/aromatic N) is 6. The highest BCUT2D eigenvalue weighted by Crippen LogP contribution is 2.33. The van der Waals surface area contributed by atoms with Crippen molar-refractivity contribution >= 4 is 32.4 Å². The minimum atomic E-state index is -4.70. The van der Waals surface area contributed by atoms with E-state index in [-0.39, 0.29) is 16.4 Å². The molecule has 0 saturated carbocycles. The SMILES string of the molecule is CCc1ccc2cnn(C)c2c1NS(=O)(=O)c1cnn(-c2cc(N3CCOCC3)nc(C(F)(F)F)c2)c1. The second kappa shape index (κ2) is 9.34. The standard InChI is InChI=1S/C23H24F3N7O3S/c1-3-15-4-5-16-12-27-31(2)22(16)21(15)30-37(34,35)18-13-28-33(14-18)17-10-19(23(24,25)26)29-20(11-17)32-6-8-36-9-7-32/h4-5,10-14,30H,3,6-9H2,1-2H3. The molecular formula is C23H24F3N7O3S. The van der Waals surface area contributed by atoms with E-state index in [9.17, 15) is 21.6 Å². The third-order valence-corrected chi connectivity index (χ3v) is 7.47. The Hall–Kier alpha value is -3.65. The molecule has 1 saturated heterocycles. The van der Waals surface area contributed by atoms with Gasteiger partial charge < -0.3 is 9.64 Å². The number of halogens is 3. The van der Waals surface area contributed by atoms with Gasteiger partial charge in [0, 0.05) is 31.6 Å². The summed E-state index contributed by atoms with van der Waals surface area (Å²) in [6.07, 6.45) is -0.216. The highest BCUT2D eigenvalue weighted by atomic mass is 32.2. The van der Waals surface area contributed by atoms with Gasteiger partial charge >= 0.3 is 6.18 Å². The van der Waals surface area contributed by atoms with Crippen LogP contribution in [-0.2, 0) is 34.4 Å². The maximum Gasteiger partial charge on any atom is 0.433 e. The second-order valence-electron chi connectivity index (χ2n) is 8.55. The summed E-state index contributed by atoms with van der Waals surface area (Å²) in [5, 5.41) is 9.03. The predicted octanol–water partition coefficient (Wildman–Crippen LogP) is 3.37. The molecule has 37 heavy (non-hydrogen) atoms.